The summed E-state index contributed by atoms with van der Waals surface area (Å²) >= 11 is 1.27. The second-order valence-electron chi connectivity index (χ2n) is 9.21. The summed E-state index contributed by atoms with van der Waals surface area (Å²) in [7, 11) is 0. The molecule has 1 heterocycles. The fourth-order valence-corrected chi connectivity index (χ4v) is 7.02. The smallest absolute Gasteiger partial charge is 0.230 e. The zero-order valence-electron chi connectivity index (χ0n) is 16.6. The van der Waals surface area contributed by atoms with Crippen molar-refractivity contribution in [3.05, 3.63) is 30.1 Å². The molecule has 1 aromatic heterocycles. The summed E-state index contributed by atoms with van der Waals surface area (Å²) in [5.41, 5.74) is 0.831. The first kappa shape index (κ1) is 19.0. The molecule has 4 aliphatic carbocycles. The predicted molar refractivity (Wildman–Crippen MR) is 108 cm³/mol. The van der Waals surface area contributed by atoms with E-state index in [1.165, 1.54) is 67.1 Å². The maximum absolute atomic E-state index is 13.5. The molecule has 1 N–H and O–H groups in total. The highest BCUT2D eigenvalue weighted by molar-refractivity contribution is 7.99. The van der Waals surface area contributed by atoms with E-state index in [1.807, 2.05) is 0 Å². The van der Waals surface area contributed by atoms with Gasteiger partial charge in [-0.3, -0.25) is 4.79 Å². The standard InChI is InChI=1S/C21H26FN5OS/c1-13(21-9-14-5-15(10-21)7-16(6-14)11-21)23-19(28)12-29-20-24-25-26-27(20)18-4-2-3-17(22)8-18/h2-4,8,13-16H,5-7,9-12H2,1H3,(H,23,28)/t13-,14?,15?,16?,21?/m1/s1. The minimum atomic E-state index is -0.351. The molecule has 4 aliphatic rings. The number of carbonyl (C=O) groups is 1. The SMILES string of the molecule is C[C@@H](NC(=O)CSc1nnnn1-c1cccc(F)c1)C12CC3CC(CC(C3)C1)C2. The first-order valence-electron chi connectivity index (χ1n) is 10.5. The molecule has 154 valence electrons. The summed E-state index contributed by atoms with van der Waals surface area (Å²) in [6, 6.07) is 6.29. The van der Waals surface area contributed by atoms with E-state index in [0.29, 0.717) is 10.8 Å². The van der Waals surface area contributed by atoms with Gasteiger partial charge in [-0.05, 0) is 97.2 Å². The third kappa shape index (κ3) is 3.67. The van der Waals surface area contributed by atoms with Crippen LogP contribution in [0.2, 0.25) is 0 Å². The minimum absolute atomic E-state index is 0.00652. The fourth-order valence-electron chi connectivity index (χ4n) is 6.31. The Labute approximate surface area is 174 Å². The van der Waals surface area contributed by atoms with Gasteiger partial charge in [-0.25, -0.2) is 4.39 Å². The molecule has 29 heavy (non-hydrogen) atoms. The number of hydrogen-bond donors (Lipinski definition) is 1. The van der Waals surface area contributed by atoms with Gasteiger partial charge in [0.2, 0.25) is 11.1 Å². The lowest BCUT2D eigenvalue weighted by Gasteiger charge is -2.59. The molecule has 4 fully saturated rings. The van der Waals surface area contributed by atoms with Crippen molar-refractivity contribution in [3.63, 3.8) is 0 Å². The summed E-state index contributed by atoms with van der Waals surface area (Å²) in [5.74, 6) is 2.50. The lowest BCUT2D eigenvalue weighted by Crippen LogP contribution is -2.56. The van der Waals surface area contributed by atoms with Crippen molar-refractivity contribution < 1.29 is 9.18 Å². The third-order valence-corrected chi connectivity index (χ3v) is 8.13. The fraction of sp³-hybridized carbons (Fsp3) is 0.619. The van der Waals surface area contributed by atoms with Crippen molar-refractivity contribution >= 4 is 17.7 Å². The molecule has 4 bridgehead atoms. The molecular formula is C21H26FN5OS. The largest absolute Gasteiger partial charge is 0.352 e. The maximum Gasteiger partial charge on any atom is 0.230 e. The molecule has 1 aromatic carbocycles. The Morgan fingerprint density at radius 1 is 1.28 bits per heavy atom. The number of tetrazole rings is 1. The van der Waals surface area contributed by atoms with Gasteiger partial charge in [0.15, 0.2) is 0 Å². The number of amides is 1. The van der Waals surface area contributed by atoms with Crippen LogP contribution in [0.1, 0.15) is 45.4 Å². The average molecular weight is 416 g/mol. The maximum atomic E-state index is 13.5. The van der Waals surface area contributed by atoms with Gasteiger partial charge < -0.3 is 5.32 Å². The predicted octanol–water partition coefficient (Wildman–Crippen LogP) is 3.61. The average Bonchev–Trinajstić information content (AvgIpc) is 3.14. The van der Waals surface area contributed by atoms with E-state index < -0.39 is 0 Å². The van der Waals surface area contributed by atoms with E-state index in [0.717, 1.165) is 17.8 Å². The number of thioether (sulfide) groups is 1. The number of hydrogen-bond acceptors (Lipinski definition) is 5. The van der Waals surface area contributed by atoms with E-state index in [-0.39, 0.29) is 28.9 Å². The van der Waals surface area contributed by atoms with E-state index in [9.17, 15) is 9.18 Å². The van der Waals surface area contributed by atoms with Gasteiger partial charge in [0, 0.05) is 6.04 Å². The van der Waals surface area contributed by atoms with Crippen molar-refractivity contribution in [3.8, 4) is 5.69 Å². The summed E-state index contributed by atoms with van der Waals surface area (Å²) < 4.78 is 15.0. The van der Waals surface area contributed by atoms with E-state index in [2.05, 4.69) is 27.8 Å². The first-order chi connectivity index (χ1) is 14.0. The van der Waals surface area contributed by atoms with Gasteiger partial charge in [-0.15, -0.1) is 5.10 Å². The van der Waals surface area contributed by atoms with Crippen LogP contribution in [0.3, 0.4) is 0 Å². The molecule has 2 aromatic rings. The normalized spacial score (nSPS) is 31.0. The molecule has 0 radical (unpaired) electrons. The summed E-state index contributed by atoms with van der Waals surface area (Å²) in [4.78, 5) is 12.7. The van der Waals surface area contributed by atoms with Gasteiger partial charge >= 0.3 is 0 Å². The van der Waals surface area contributed by atoms with Crippen LogP contribution >= 0.6 is 11.8 Å². The van der Waals surface area contributed by atoms with Crippen molar-refractivity contribution in [1.29, 1.82) is 0 Å². The molecule has 0 saturated heterocycles. The monoisotopic (exact) mass is 415 g/mol. The Kier molecular flexibility index (Phi) is 4.84. The second kappa shape index (κ2) is 7.38. The molecule has 8 heteroatoms. The van der Waals surface area contributed by atoms with Crippen LogP contribution in [-0.4, -0.2) is 37.9 Å². The number of benzene rings is 1. The lowest BCUT2D eigenvalue weighted by molar-refractivity contribution is -0.123. The zero-order chi connectivity index (χ0) is 20.0. The van der Waals surface area contributed by atoms with E-state index in [4.69, 9.17) is 0 Å². The number of aromatic nitrogens is 4. The summed E-state index contributed by atoms with van der Waals surface area (Å²) in [6.07, 6.45) is 8.01. The molecule has 1 atom stereocenters. The molecule has 0 spiro atoms. The number of nitrogens with one attached hydrogen (secondary N) is 1. The lowest BCUT2D eigenvalue weighted by atomic mass is 9.48. The van der Waals surface area contributed by atoms with Crippen LogP contribution in [0, 0.1) is 29.0 Å². The number of nitrogens with zero attached hydrogens (tertiary/aromatic N) is 4. The van der Waals surface area contributed by atoms with Crippen molar-refractivity contribution in [1.82, 2.24) is 25.5 Å². The Balaban J connectivity index is 1.21. The molecule has 4 saturated carbocycles. The number of halogens is 1. The van der Waals surface area contributed by atoms with Crippen molar-refractivity contribution in [2.75, 3.05) is 5.75 Å². The topological polar surface area (TPSA) is 72.7 Å². The van der Waals surface area contributed by atoms with Gasteiger partial charge in [-0.2, -0.15) is 4.68 Å². The second-order valence-corrected chi connectivity index (χ2v) is 10.2. The van der Waals surface area contributed by atoms with Gasteiger partial charge in [0.25, 0.3) is 0 Å². The Morgan fingerprint density at radius 2 is 1.97 bits per heavy atom. The van der Waals surface area contributed by atoms with Crippen LogP contribution in [0.15, 0.2) is 29.4 Å². The van der Waals surface area contributed by atoms with Crippen LogP contribution in [0.5, 0.6) is 0 Å². The van der Waals surface area contributed by atoms with Crippen molar-refractivity contribution in [2.45, 2.75) is 56.6 Å². The van der Waals surface area contributed by atoms with Gasteiger partial charge in [-0.1, -0.05) is 17.8 Å². The minimum Gasteiger partial charge on any atom is -0.352 e. The molecule has 1 amide bonds. The summed E-state index contributed by atoms with van der Waals surface area (Å²) in [5, 5.41) is 15.4. The van der Waals surface area contributed by atoms with Crippen LogP contribution in [0.4, 0.5) is 4.39 Å². The highest BCUT2D eigenvalue weighted by Gasteiger charge is 2.53. The third-order valence-electron chi connectivity index (χ3n) is 7.21. The van der Waals surface area contributed by atoms with Crippen LogP contribution < -0.4 is 5.32 Å². The van der Waals surface area contributed by atoms with Crippen molar-refractivity contribution in [2.24, 2.45) is 23.2 Å². The van der Waals surface area contributed by atoms with Gasteiger partial charge in [0.1, 0.15) is 5.82 Å². The Morgan fingerprint density at radius 3 is 2.62 bits per heavy atom. The highest BCUT2D eigenvalue weighted by atomic mass is 32.2. The van der Waals surface area contributed by atoms with Crippen LogP contribution in [-0.2, 0) is 4.79 Å². The molecule has 0 unspecified atom stereocenters. The zero-order valence-corrected chi connectivity index (χ0v) is 17.4. The Hall–Kier alpha value is -1.96. The first-order valence-corrected chi connectivity index (χ1v) is 11.5. The van der Waals surface area contributed by atoms with Gasteiger partial charge in [0.05, 0.1) is 11.4 Å². The van der Waals surface area contributed by atoms with E-state index >= 15 is 0 Å². The quantitative estimate of drug-likeness (QED) is 0.730. The Bertz CT molecular complexity index is 881. The molecule has 6 nitrogen and oxygen atoms in total. The van der Waals surface area contributed by atoms with Crippen LogP contribution in [0.25, 0.3) is 5.69 Å². The van der Waals surface area contributed by atoms with E-state index in [1.54, 1.807) is 12.1 Å². The summed E-state index contributed by atoms with van der Waals surface area (Å²) in [6.45, 7) is 2.19. The highest BCUT2D eigenvalue weighted by Crippen LogP contribution is 2.61. The molecule has 6 rings (SSSR count). The molecular weight excluding hydrogens is 389 g/mol. The molecule has 0 aliphatic heterocycles. The number of rotatable bonds is 6. The number of carbonyl (C=O) groups excluding carboxylic acids is 1.